The topological polar surface area (TPSA) is 64.3 Å². The molecular weight excluding hydrogens is 259 g/mol. The van der Waals surface area contributed by atoms with Gasteiger partial charge in [-0.05, 0) is 38.0 Å². The van der Waals surface area contributed by atoms with Crippen LogP contribution in [-0.2, 0) is 9.53 Å². The van der Waals surface area contributed by atoms with E-state index in [1.54, 1.807) is 6.92 Å². The maximum atomic E-state index is 13.0. The molecule has 0 spiro atoms. The van der Waals surface area contributed by atoms with Gasteiger partial charge in [-0.15, -0.1) is 0 Å². The summed E-state index contributed by atoms with van der Waals surface area (Å²) in [4.78, 5) is 12.0. The van der Waals surface area contributed by atoms with Crippen molar-refractivity contribution in [3.05, 3.63) is 24.0 Å². The lowest BCUT2D eigenvalue weighted by atomic mass is 9.97. The highest BCUT2D eigenvalue weighted by Crippen LogP contribution is 2.22. The molecule has 0 heterocycles. The molecule has 1 atom stereocenters. The first-order chi connectivity index (χ1) is 9.56. The van der Waals surface area contributed by atoms with E-state index in [2.05, 4.69) is 5.32 Å². The molecule has 1 amide bonds. The van der Waals surface area contributed by atoms with Gasteiger partial charge in [-0.3, -0.25) is 4.79 Å². The Morgan fingerprint density at radius 3 is 2.75 bits per heavy atom. The molecular formula is C15H21FN2O2. The Morgan fingerprint density at radius 1 is 1.40 bits per heavy atom. The molecule has 5 heteroatoms. The molecule has 1 unspecified atom stereocenters. The number of hydrogen-bond acceptors (Lipinski definition) is 3. The first-order valence-electron chi connectivity index (χ1n) is 7.07. The average molecular weight is 280 g/mol. The van der Waals surface area contributed by atoms with Crippen LogP contribution < -0.4 is 11.1 Å². The molecule has 20 heavy (non-hydrogen) atoms. The van der Waals surface area contributed by atoms with E-state index < -0.39 is 11.9 Å². The number of amides is 1. The summed E-state index contributed by atoms with van der Waals surface area (Å²) in [5, 5.41) is 2.69. The van der Waals surface area contributed by atoms with Gasteiger partial charge in [-0.1, -0.05) is 19.3 Å². The molecule has 0 aliphatic heterocycles. The summed E-state index contributed by atoms with van der Waals surface area (Å²) in [6, 6.07) is 4.12. The van der Waals surface area contributed by atoms with Crippen LogP contribution in [0.15, 0.2) is 18.2 Å². The van der Waals surface area contributed by atoms with Crippen LogP contribution in [0.25, 0.3) is 0 Å². The lowest BCUT2D eigenvalue weighted by Gasteiger charge is -2.25. The van der Waals surface area contributed by atoms with Crippen LogP contribution in [-0.4, -0.2) is 18.1 Å². The number of carbonyl (C=O) groups excluding carboxylic acids is 1. The molecule has 0 aromatic heterocycles. The first kappa shape index (κ1) is 14.8. The molecule has 0 bridgehead atoms. The number of ether oxygens (including phenoxy) is 1. The van der Waals surface area contributed by atoms with Crippen LogP contribution in [0.3, 0.4) is 0 Å². The van der Waals surface area contributed by atoms with Crippen LogP contribution in [0.5, 0.6) is 0 Å². The van der Waals surface area contributed by atoms with Gasteiger partial charge in [0.1, 0.15) is 11.9 Å². The second-order valence-electron chi connectivity index (χ2n) is 5.26. The molecule has 4 nitrogen and oxygen atoms in total. The van der Waals surface area contributed by atoms with Gasteiger partial charge in [0.2, 0.25) is 0 Å². The van der Waals surface area contributed by atoms with Gasteiger partial charge < -0.3 is 15.8 Å². The molecule has 1 aliphatic carbocycles. The fraction of sp³-hybridized carbons (Fsp3) is 0.533. The molecule has 1 saturated carbocycles. The fourth-order valence-electron chi connectivity index (χ4n) is 2.42. The number of nitrogen functional groups attached to an aromatic ring is 1. The molecule has 1 fully saturated rings. The smallest absolute Gasteiger partial charge is 0.253 e. The Morgan fingerprint density at radius 2 is 2.10 bits per heavy atom. The van der Waals surface area contributed by atoms with E-state index in [1.165, 1.54) is 24.6 Å². The van der Waals surface area contributed by atoms with Gasteiger partial charge in [0, 0.05) is 5.69 Å². The SMILES string of the molecule is CC(OC1CCCCC1)C(=O)Nc1ccc(F)c(N)c1. The standard InChI is InChI=1S/C15H21FN2O2/c1-10(20-12-5-3-2-4-6-12)15(19)18-11-7-8-13(16)14(17)9-11/h7-10,12H,2-6,17H2,1H3,(H,18,19). The van der Waals surface area contributed by atoms with Crippen molar-refractivity contribution in [2.45, 2.75) is 51.2 Å². The predicted octanol–water partition coefficient (Wildman–Crippen LogP) is 3.08. The highest BCUT2D eigenvalue weighted by atomic mass is 19.1. The van der Waals surface area contributed by atoms with E-state index in [-0.39, 0.29) is 17.7 Å². The van der Waals surface area contributed by atoms with E-state index in [4.69, 9.17) is 10.5 Å². The molecule has 0 saturated heterocycles. The third-order valence-electron chi connectivity index (χ3n) is 3.58. The van der Waals surface area contributed by atoms with Crippen LogP contribution in [0.1, 0.15) is 39.0 Å². The number of nitrogens with one attached hydrogen (secondary N) is 1. The highest BCUT2D eigenvalue weighted by molar-refractivity contribution is 5.94. The number of carbonyl (C=O) groups is 1. The summed E-state index contributed by atoms with van der Waals surface area (Å²) in [6.07, 6.45) is 5.24. The summed E-state index contributed by atoms with van der Waals surface area (Å²) in [5.74, 6) is -0.726. The summed E-state index contributed by atoms with van der Waals surface area (Å²) < 4.78 is 18.8. The zero-order valence-corrected chi connectivity index (χ0v) is 11.7. The van der Waals surface area contributed by atoms with Crippen molar-refractivity contribution in [3.8, 4) is 0 Å². The summed E-state index contributed by atoms with van der Waals surface area (Å²) in [6.45, 7) is 1.73. The van der Waals surface area contributed by atoms with E-state index in [1.807, 2.05) is 0 Å². The number of anilines is 2. The van der Waals surface area contributed by atoms with Gasteiger partial charge in [-0.2, -0.15) is 0 Å². The number of rotatable bonds is 4. The highest BCUT2D eigenvalue weighted by Gasteiger charge is 2.21. The summed E-state index contributed by atoms with van der Waals surface area (Å²) >= 11 is 0. The Hall–Kier alpha value is -1.62. The van der Waals surface area contributed by atoms with E-state index >= 15 is 0 Å². The van der Waals surface area contributed by atoms with Crippen LogP contribution in [0.2, 0.25) is 0 Å². The molecule has 1 aromatic rings. The number of hydrogen-bond donors (Lipinski definition) is 2. The zero-order valence-electron chi connectivity index (χ0n) is 11.7. The first-order valence-corrected chi connectivity index (χ1v) is 7.07. The third-order valence-corrected chi connectivity index (χ3v) is 3.58. The molecule has 110 valence electrons. The average Bonchev–Trinajstić information content (AvgIpc) is 2.44. The van der Waals surface area contributed by atoms with Crippen molar-refractivity contribution in [1.82, 2.24) is 0 Å². The maximum Gasteiger partial charge on any atom is 0.253 e. The van der Waals surface area contributed by atoms with Crippen LogP contribution in [0, 0.1) is 5.82 Å². The van der Waals surface area contributed by atoms with Crippen molar-refractivity contribution in [1.29, 1.82) is 0 Å². The Balaban J connectivity index is 1.88. The Labute approximate surface area is 118 Å². The second kappa shape index (κ2) is 6.70. The van der Waals surface area contributed by atoms with Crippen molar-refractivity contribution < 1.29 is 13.9 Å². The molecule has 1 aromatic carbocycles. The number of halogens is 1. The van der Waals surface area contributed by atoms with Crippen molar-refractivity contribution in [2.24, 2.45) is 0 Å². The van der Waals surface area contributed by atoms with Gasteiger partial charge in [0.05, 0.1) is 11.8 Å². The zero-order chi connectivity index (χ0) is 14.5. The number of nitrogens with two attached hydrogens (primary N) is 1. The predicted molar refractivity (Wildman–Crippen MR) is 76.9 cm³/mol. The van der Waals surface area contributed by atoms with Crippen molar-refractivity contribution in [3.63, 3.8) is 0 Å². The lowest BCUT2D eigenvalue weighted by Crippen LogP contribution is -2.32. The third kappa shape index (κ3) is 3.93. The molecule has 1 aliphatic rings. The summed E-state index contributed by atoms with van der Waals surface area (Å²) in [5.41, 5.74) is 5.96. The van der Waals surface area contributed by atoms with E-state index in [0.717, 1.165) is 25.7 Å². The van der Waals surface area contributed by atoms with Gasteiger partial charge >= 0.3 is 0 Å². The number of benzene rings is 1. The second-order valence-corrected chi connectivity index (χ2v) is 5.26. The van der Waals surface area contributed by atoms with Gasteiger partial charge in [0.25, 0.3) is 5.91 Å². The van der Waals surface area contributed by atoms with Crippen LogP contribution in [0.4, 0.5) is 15.8 Å². The normalized spacial score (nSPS) is 17.7. The largest absolute Gasteiger partial charge is 0.396 e. The van der Waals surface area contributed by atoms with E-state index in [0.29, 0.717) is 5.69 Å². The van der Waals surface area contributed by atoms with Gasteiger partial charge in [0.15, 0.2) is 0 Å². The minimum atomic E-state index is -0.524. The van der Waals surface area contributed by atoms with Crippen LogP contribution >= 0.6 is 0 Å². The molecule has 2 rings (SSSR count). The van der Waals surface area contributed by atoms with Gasteiger partial charge in [-0.25, -0.2) is 4.39 Å². The van der Waals surface area contributed by atoms with E-state index in [9.17, 15) is 9.18 Å². The fourth-order valence-corrected chi connectivity index (χ4v) is 2.42. The molecule has 3 N–H and O–H groups in total. The molecule has 0 radical (unpaired) electrons. The van der Waals surface area contributed by atoms with Crippen molar-refractivity contribution in [2.75, 3.05) is 11.1 Å². The monoisotopic (exact) mass is 280 g/mol. The Bertz CT molecular complexity index is 473. The maximum absolute atomic E-state index is 13.0. The quantitative estimate of drug-likeness (QED) is 0.833. The lowest BCUT2D eigenvalue weighted by molar-refractivity contribution is -0.131. The van der Waals surface area contributed by atoms with Crippen molar-refractivity contribution >= 4 is 17.3 Å². The minimum absolute atomic E-state index is 0.0173. The Kier molecular flexibility index (Phi) is 4.95. The minimum Gasteiger partial charge on any atom is -0.396 e. The summed E-state index contributed by atoms with van der Waals surface area (Å²) in [7, 11) is 0.